The fraction of sp³-hybridized carbons (Fsp3) is 1.00. The molecular weight excluding hydrogens is 140 g/mol. The van der Waals surface area contributed by atoms with Crippen LogP contribution >= 0.6 is 0 Å². The maximum atomic E-state index is 9.37. The Bertz CT molecular complexity index is 117. The van der Waals surface area contributed by atoms with Crippen LogP contribution in [0.4, 0.5) is 0 Å². The minimum Gasteiger partial charge on any atom is -0.392 e. The summed E-state index contributed by atoms with van der Waals surface area (Å²) in [5.41, 5.74) is 5.45. The van der Waals surface area contributed by atoms with Crippen molar-refractivity contribution < 1.29 is 5.11 Å². The van der Waals surface area contributed by atoms with Crippen LogP contribution in [0.1, 0.15) is 19.8 Å². The molecule has 1 fully saturated rings. The standard InChI is InChI=1S/C8H18N2O/c1-7(11)8-3-2-5-10(8)6-4-9/h7-8,11H,2-6,9H2,1H3/t7-,8-/m1/s1. The molecule has 1 aliphatic heterocycles. The molecule has 2 atom stereocenters. The fourth-order valence-corrected chi connectivity index (χ4v) is 1.84. The van der Waals surface area contributed by atoms with Crippen LogP contribution < -0.4 is 5.73 Å². The maximum absolute atomic E-state index is 9.37. The Morgan fingerprint density at radius 3 is 3.00 bits per heavy atom. The van der Waals surface area contributed by atoms with E-state index >= 15 is 0 Å². The zero-order chi connectivity index (χ0) is 8.27. The predicted molar refractivity (Wildman–Crippen MR) is 45.3 cm³/mol. The first-order valence-corrected chi connectivity index (χ1v) is 4.38. The van der Waals surface area contributed by atoms with E-state index in [-0.39, 0.29) is 6.10 Å². The average Bonchev–Trinajstić information content (AvgIpc) is 2.36. The van der Waals surface area contributed by atoms with Crippen molar-refractivity contribution in [3.8, 4) is 0 Å². The summed E-state index contributed by atoms with van der Waals surface area (Å²) in [6.07, 6.45) is 2.12. The van der Waals surface area contributed by atoms with Crippen LogP contribution in [0.15, 0.2) is 0 Å². The quantitative estimate of drug-likeness (QED) is 0.597. The first-order chi connectivity index (χ1) is 5.25. The van der Waals surface area contributed by atoms with E-state index in [1.807, 2.05) is 6.92 Å². The first-order valence-electron chi connectivity index (χ1n) is 4.38. The lowest BCUT2D eigenvalue weighted by Crippen LogP contribution is -2.40. The molecule has 0 amide bonds. The molecule has 0 aliphatic carbocycles. The number of aliphatic hydroxyl groups is 1. The third-order valence-corrected chi connectivity index (χ3v) is 2.39. The molecule has 0 unspecified atom stereocenters. The largest absolute Gasteiger partial charge is 0.392 e. The molecule has 3 heteroatoms. The monoisotopic (exact) mass is 158 g/mol. The summed E-state index contributed by atoms with van der Waals surface area (Å²) in [5, 5.41) is 9.37. The number of nitrogens with two attached hydrogens (primary N) is 1. The number of likely N-dealkylation sites (tertiary alicyclic amines) is 1. The van der Waals surface area contributed by atoms with Crippen LogP contribution in [0, 0.1) is 0 Å². The van der Waals surface area contributed by atoms with E-state index in [0.29, 0.717) is 12.6 Å². The van der Waals surface area contributed by atoms with Gasteiger partial charge in [0.05, 0.1) is 6.10 Å². The molecule has 1 heterocycles. The number of nitrogens with zero attached hydrogens (tertiary/aromatic N) is 1. The Morgan fingerprint density at radius 1 is 1.73 bits per heavy atom. The molecule has 1 saturated heterocycles. The van der Waals surface area contributed by atoms with Crippen LogP contribution in [-0.4, -0.2) is 41.8 Å². The molecule has 3 nitrogen and oxygen atoms in total. The van der Waals surface area contributed by atoms with E-state index in [0.717, 1.165) is 19.5 Å². The number of hydrogen-bond donors (Lipinski definition) is 2. The van der Waals surface area contributed by atoms with E-state index in [1.54, 1.807) is 0 Å². The predicted octanol–water partition coefficient (Wildman–Crippen LogP) is -0.210. The van der Waals surface area contributed by atoms with Crippen LogP contribution in [0.5, 0.6) is 0 Å². The molecule has 11 heavy (non-hydrogen) atoms. The van der Waals surface area contributed by atoms with Crippen molar-refractivity contribution in [1.29, 1.82) is 0 Å². The van der Waals surface area contributed by atoms with Gasteiger partial charge in [0, 0.05) is 19.1 Å². The van der Waals surface area contributed by atoms with Gasteiger partial charge in [-0.25, -0.2) is 0 Å². The van der Waals surface area contributed by atoms with Gasteiger partial charge in [0.15, 0.2) is 0 Å². The highest BCUT2D eigenvalue weighted by Gasteiger charge is 2.26. The Kier molecular flexibility index (Phi) is 3.30. The Morgan fingerprint density at radius 2 is 2.45 bits per heavy atom. The summed E-state index contributed by atoms with van der Waals surface area (Å²) in [5.74, 6) is 0. The lowest BCUT2D eigenvalue weighted by Gasteiger charge is -2.25. The Labute approximate surface area is 68.2 Å². The van der Waals surface area contributed by atoms with E-state index in [4.69, 9.17) is 5.73 Å². The van der Waals surface area contributed by atoms with Crippen molar-refractivity contribution in [2.45, 2.75) is 31.9 Å². The average molecular weight is 158 g/mol. The van der Waals surface area contributed by atoms with Gasteiger partial charge in [-0.2, -0.15) is 0 Å². The highest BCUT2D eigenvalue weighted by Crippen LogP contribution is 2.18. The fourth-order valence-electron chi connectivity index (χ4n) is 1.84. The third kappa shape index (κ3) is 2.15. The van der Waals surface area contributed by atoms with Gasteiger partial charge >= 0.3 is 0 Å². The van der Waals surface area contributed by atoms with E-state index in [9.17, 15) is 5.11 Å². The zero-order valence-electron chi connectivity index (χ0n) is 7.16. The molecule has 0 saturated carbocycles. The first kappa shape index (κ1) is 8.97. The Hall–Kier alpha value is -0.120. The van der Waals surface area contributed by atoms with Gasteiger partial charge in [0.1, 0.15) is 0 Å². The molecule has 3 N–H and O–H groups in total. The smallest absolute Gasteiger partial charge is 0.0667 e. The lowest BCUT2D eigenvalue weighted by atomic mass is 10.1. The molecule has 1 aliphatic rings. The summed E-state index contributed by atoms with van der Waals surface area (Å²) >= 11 is 0. The second kappa shape index (κ2) is 4.04. The van der Waals surface area contributed by atoms with Crippen molar-refractivity contribution >= 4 is 0 Å². The summed E-state index contributed by atoms with van der Waals surface area (Å²) in [6, 6.07) is 0.360. The van der Waals surface area contributed by atoms with Crippen molar-refractivity contribution in [3.63, 3.8) is 0 Å². The van der Waals surface area contributed by atoms with Crippen molar-refractivity contribution in [3.05, 3.63) is 0 Å². The lowest BCUT2D eigenvalue weighted by molar-refractivity contribution is 0.0885. The number of hydrogen-bond acceptors (Lipinski definition) is 3. The zero-order valence-corrected chi connectivity index (χ0v) is 7.16. The highest BCUT2D eigenvalue weighted by molar-refractivity contribution is 4.82. The highest BCUT2D eigenvalue weighted by atomic mass is 16.3. The van der Waals surface area contributed by atoms with Gasteiger partial charge in [-0.3, -0.25) is 4.90 Å². The Balaban J connectivity index is 2.37. The molecular formula is C8H18N2O. The van der Waals surface area contributed by atoms with Gasteiger partial charge in [-0.15, -0.1) is 0 Å². The minimum atomic E-state index is -0.205. The van der Waals surface area contributed by atoms with Crippen molar-refractivity contribution in [2.24, 2.45) is 5.73 Å². The van der Waals surface area contributed by atoms with Gasteiger partial charge in [-0.05, 0) is 26.3 Å². The SMILES string of the molecule is C[C@@H](O)[C@H]1CCCN1CCN. The molecule has 0 bridgehead atoms. The third-order valence-electron chi connectivity index (χ3n) is 2.39. The number of aliphatic hydroxyl groups excluding tert-OH is 1. The second-order valence-electron chi connectivity index (χ2n) is 3.27. The van der Waals surface area contributed by atoms with Gasteiger partial charge < -0.3 is 10.8 Å². The molecule has 0 aromatic carbocycles. The molecule has 1 rings (SSSR count). The second-order valence-corrected chi connectivity index (χ2v) is 3.27. The van der Waals surface area contributed by atoms with Crippen molar-refractivity contribution in [1.82, 2.24) is 4.90 Å². The van der Waals surface area contributed by atoms with Gasteiger partial charge in [-0.1, -0.05) is 0 Å². The molecule has 0 aromatic heterocycles. The molecule has 0 radical (unpaired) electrons. The van der Waals surface area contributed by atoms with Crippen molar-refractivity contribution in [2.75, 3.05) is 19.6 Å². The van der Waals surface area contributed by atoms with E-state index in [1.165, 1.54) is 6.42 Å². The van der Waals surface area contributed by atoms with Gasteiger partial charge in [0.25, 0.3) is 0 Å². The van der Waals surface area contributed by atoms with Crippen LogP contribution in [-0.2, 0) is 0 Å². The van der Waals surface area contributed by atoms with Gasteiger partial charge in [0.2, 0.25) is 0 Å². The summed E-state index contributed by atoms with van der Waals surface area (Å²) < 4.78 is 0. The maximum Gasteiger partial charge on any atom is 0.0667 e. The van der Waals surface area contributed by atoms with Crippen LogP contribution in [0.2, 0.25) is 0 Å². The van der Waals surface area contributed by atoms with Crippen LogP contribution in [0.25, 0.3) is 0 Å². The summed E-state index contributed by atoms with van der Waals surface area (Å²) in [4.78, 5) is 2.28. The van der Waals surface area contributed by atoms with E-state index < -0.39 is 0 Å². The normalized spacial score (nSPS) is 29.2. The molecule has 0 aromatic rings. The van der Waals surface area contributed by atoms with E-state index in [2.05, 4.69) is 4.90 Å². The minimum absolute atomic E-state index is 0.205. The topological polar surface area (TPSA) is 49.5 Å². The summed E-state index contributed by atoms with van der Waals surface area (Å²) in [6.45, 7) is 4.59. The molecule has 0 spiro atoms. The summed E-state index contributed by atoms with van der Waals surface area (Å²) in [7, 11) is 0. The van der Waals surface area contributed by atoms with Crippen LogP contribution in [0.3, 0.4) is 0 Å². The molecule has 66 valence electrons. The number of rotatable bonds is 3.